The summed E-state index contributed by atoms with van der Waals surface area (Å²) in [7, 11) is -3.51. The Morgan fingerprint density at radius 3 is 2.75 bits per heavy atom. The normalized spacial score (nSPS) is 11.4. The highest BCUT2D eigenvalue weighted by atomic mass is 32.2. The summed E-state index contributed by atoms with van der Waals surface area (Å²) in [6.07, 6.45) is 3.38. The SMILES string of the molecule is CC(=O)c1ccc(CCNS(=O)(=O)c2cccnc2)s1. The van der Waals surface area contributed by atoms with Crippen molar-refractivity contribution in [3.05, 3.63) is 46.4 Å². The van der Waals surface area contributed by atoms with Crippen LogP contribution >= 0.6 is 11.3 Å². The van der Waals surface area contributed by atoms with Gasteiger partial charge in [-0.25, -0.2) is 13.1 Å². The first-order valence-electron chi connectivity index (χ1n) is 5.98. The number of carbonyl (C=O) groups excluding carboxylic acids is 1. The van der Waals surface area contributed by atoms with Crippen LogP contribution in [0.15, 0.2) is 41.6 Å². The second-order valence-electron chi connectivity index (χ2n) is 4.16. The van der Waals surface area contributed by atoms with Crippen LogP contribution in [0.3, 0.4) is 0 Å². The van der Waals surface area contributed by atoms with Gasteiger partial charge in [0.2, 0.25) is 10.0 Å². The summed E-state index contributed by atoms with van der Waals surface area (Å²) < 4.78 is 26.4. The van der Waals surface area contributed by atoms with Crippen molar-refractivity contribution in [1.29, 1.82) is 0 Å². The van der Waals surface area contributed by atoms with Crippen LogP contribution in [0.5, 0.6) is 0 Å². The molecule has 7 heteroatoms. The number of hydrogen-bond donors (Lipinski definition) is 1. The summed E-state index contributed by atoms with van der Waals surface area (Å²) in [6.45, 7) is 1.80. The van der Waals surface area contributed by atoms with Crippen molar-refractivity contribution in [2.45, 2.75) is 18.2 Å². The van der Waals surface area contributed by atoms with Crippen molar-refractivity contribution < 1.29 is 13.2 Å². The molecule has 20 heavy (non-hydrogen) atoms. The lowest BCUT2D eigenvalue weighted by Crippen LogP contribution is -2.25. The van der Waals surface area contributed by atoms with E-state index in [1.807, 2.05) is 6.07 Å². The summed E-state index contributed by atoms with van der Waals surface area (Å²) in [5, 5.41) is 0. The highest BCUT2D eigenvalue weighted by molar-refractivity contribution is 7.89. The van der Waals surface area contributed by atoms with Crippen LogP contribution in [0.4, 0.5) is 0 Å². The van der Waals surface area contributed by atoms with Crippen molar-refractivity contribution >= 4 is 27.1 Å². The number of aromatic nitrogens is 1. The Labute approximate surface area is 121 Å². The van der Waals surface area contributed by atoms with E-state index in [1.165, 1.54) is 36.7 Å². The maximum Gasteiger partial charge on any atom is 0.242 e. The molecule has 5 nitrogen and oxygen atoms in total. The molecule has 2 rings (SSSR count). The molecule has 0 saturated carbocycles. The van der Waals surface area contributed by atoms with Crippen molar-refractivity contribution in [3.8, 4) is 0 Å². The molecular formula is C13H14N2O3S2. The van der Waals surface area contributed by atoms with Crippen LogP contribution in [-0.2, 0) is 16.4 Å². The van der Waals surface area contributed by atoms with Gasteiger partial charge in [0.25, 0.3) is 0 Å². The Kier molecular flexibility index (Phi) is 4.64. The van der Waals surface area contributed by atoms with Crippen LogP contribution in [-0.4, -0.2) is 25.7 Å². The van der Waals surface area contributed by atoms with E-state index in [0.29, 0.717) is 11.3 Å². The fraction of sp³-hybridized carbons (Fsp3) is 0.231. The van der Waals surface area contributed by atoms with Crippen molar-refractivity contribution in [2.75, 3.05) is 6.54 Å². The van der Waals surface area contributed by atoms with Gasteiger partial charge >= 0.3 is 0 Å². The number of pyridine rings is 1. The number of rotatable bonds is 6. The molecule has 0 spiro atoms. The molecule has 2 aromatic rings. The molecule has 106 valence electrons. The zero-order valence-corrected chi connectivity index (χ0v) is 12.5. The average molecular weight is 310 g/mol. The minimum atomic E-state index is -3.51. The Balaban J connectivity index is 1.94. The number of nitrogens with one attached hydrogen (secondary N) is 1. The van der Waals surface area contributed by atoms with E-state index < -0.39 is 10.0 Å². The van der Waals surface area contributed by atoms with E-state index in [2.05, 4.69) is 9.71 Å². The summed E-state index contributed by atoms with van der Waals surface area (Å²) in [5.74, 6) is 0.0252. The number of thiophene rings is 1. The lowest BCUT2D eigenvalue weighted by atomic mass is 10.3. The van der Waals surface area contributed by atoms with Crippen molar-refractivity contribution in [2.24, 2.45) is 0 Å². The number of nitrogens with zero attached hydrogens (tertiary/aromatic N) is 1. The summed E-state index contributed by atoms with van der Waals surface area (Å²) in [5.41, 5.74) is 0. The maximum atomic E-state index is 11.9. The number of Topliss-reactive ketones (excluding diaryl/α,β-unsaturated/α-hetero) is 1. The van der Waals surface area contributed by atoms with Gasteiger partial charge in [-0.3, -0.25) is 9.78 Å². The van der Waals surface area contributed by atoms with E-state index in [1.54, 1.807) is 12.1 Å². The maximum absolute atomic E-state index is 11.9. The molecule has 0 aromatic carbocycles. The molecule has 1 N–H and O–H groups in total. The first-order valence-corrected chi connectivity index (χ1v) is 8.28. The molecule has 0 aliphatic carbocycles. The lowest BCUT2D eigenvalue weighted by Gasteiger charge is -2.05. The first-order chi connectivity index (χ1) is 9.49. The quantitative estimate of drug-likeness (QED) is 0.826. The van der Waals surface area contributed by atoms with Crippen LogP contribution in [0, 0.1) is 0 Å². The number of ketones is 1. The van der Waals surface area contributed by atoms with Gasteiger partial charge in [-0.1, -0.05) is 0 Å². The minimum absolute atomic E-state index is 0.0252. The van der Waals surface area contributed by atoms with Gasteiger partial charge < -0.3 is 0 Å². The van der Waals surface area contributed by atoms with Crippen LogP contribution in [0.25, 0.3) is 0 Å². The van der Waals surface area contributed by atoms with Crippen LogP contribution in [0.2, 0.25) is 0 Å². The summed E-state index contributed by atoms with van der Waals surface area (Å²) >= 11 is 1.39. The number of sulfonamides is 1. The van der Waals surface area contributed by atoms with Crippen LogP contribution < -0.4 is 4.72 Å². The fourth-order valence-corrected chi connectivity index (χ4v) is 3.50. The molecule has 0 radical (unpaired) electrons. The zero-order valence-electron chi connectivity index (χ0n) is 10.9. The third kappa shape index (κ3) is 3.72. The number of hydrogen-bond acceptors (Lipinski definition) is 5. The highest BCUT2D eigenvalue weighted by Gasteiger charge is 2.13. The van der Waals surface area contributed by atoms with Gasteiger partial charge in [-0.05, 0) is 37.6 Å². The Morgan fingerprint density at radius 2 is 2.15 bits per heavy atom. The van der Waals surface area contributed by atoms with Gasteiger partial charge in [0.15, 0.2) is 5.78 Å². The van der Waals surface area contributed by atoms with Gasteiger partial charge in [-0.2, -0.15) is 0 Å². The van der Waals surface area contributed by atoms with E-state index in [-0.39, 0.29) is 17.2 Å². The molecule has 0 amide bonds. The molecule has 0 fully saturated rings. The molecule has 0 aliphatic rings. The average Bonchev–Trinajstić information content (AvgIpc) is 2.89. The molecule has 0 bridgehead atoms. The molecular weight excluding hydrogens is 296 g/mol. The second-order valence-corrected chi connectivity index (χ2v) is 7.09. The molecule has 2 heterocycles. The second kappa shape index (κ2) is 6.25. The summed E-state index contributed by atoms with van der Waals surface area (Å²) in [4.78, 5) is 16.8. The Hall–Kier alpha value is -1.57. The van der Waals surface area contributed by atoms with Gasteiger partial charge in [0, 0.05) is 23.8 Å². The predicted molar refractivity (Wildman–Crippen MR) is 77.5 cm³/mol. The minimum Gasteiger partial charge on any atom is -0.294 e. The fourth-order valence-electron chi connectivity index (χ4n) is 1.60. The summed E-state index contributed by atoms with van der Waals surface area (Å²) in [6, 6.07) is 6.68. The topological polar surface area (TPSA) is 76.1 Å². The third-order valence-corrected chi connectivity index (χ3v) is 5.31. The van der Waals surface area contributed by atoms with Gasteiger partial charge in [0.05, 0.1) is 4.88 Å². The van der Waals surface area contributed by atoms with E-state index in [9.17, 15) is 13.2 Å². The lowest BCUT2D eigenvalue weighted by molar-refractivity contribution is 0.102. The molecule has 0 aliphatic heterocycles. The zero-order chi connectivity index (χ0) is 14.6. The van der Waals surface area contributed by atoms with Gasteiger partial charge in [-0.15, -0.1) is 11.3 Å². The standard InChI is InChI=1S/C13H14N2O3S2/c1-10(16)13-5-4-11(19-13)6-8-15-20(17,18)12-3-2-7-14-9-12/h2-5,7,9,15H,6,8H2,1H3. The number of carbonyl (C=O) groups is 1. The Bertz CT molecular complexity index is 693. The van der Waals surface area contributed by atoms with Crippen LogP contribution in [0.1, 0.15) is 21.5 Å². The molecule has 0 unspecified atom stereocenters. The monoisotopic (exact) mass is 310 g/mol. The van der Waals surface area contributed by atoms with Gasteiger partial charge in [0.1, 0.15) is 4.90 Å². The largest absolute Gasteiger partial charge is 0.294 e. The molecule has 0 saturated heterocycles. The first kappa shape index (κ1) is 14.8. The Morgan fingerprint density at radius 1 is 1.35 bits per heavy atom. The van der Waals surface area contributed by atoms with E-state index in [0.717, 1.165) is 4.88 Å². The van der Waals surface area contributed by atoms with E-state index >= 15 is 0 Å². The smallest absolute Gasteiger partial charge is 0.242 e. The molecule has 2 aromatic heterocycles. The third-order valence-electron chi connectivity index (χ3n) is 2.62. The van der Waals surface area contributed by atoms with Crippen molar-refractivity contribution in [1.82, 2.24) is 9.71 Å². The van der Waals surface area contributed by atoms with Crippen molar-refractivity contribution in [3.63, 3.8) is 0 Å². The predicted octanol–water partition coefficient (Wildman–Crippen LogP) is 1.87. The molecule has 0 atom stereocenters. The van der Waals surface area contributed by atoms with E-state index in [4.69, 9.17) is 0 Å². The highest BCUT2D eigenvalue weighted by Crippen LogP contribution is 2.17.